The number of carbonyl (C=O) groups is 2. The number of phenols is 1. The number of aliphatic hydroxyl groups excluding tert-OH is 1. The molecule has 2 N–H and O–H groups in total. The van der Waals surface area contributed by atoms with Gasteiger partial charge in [-0.3, -0.25) is 14.5 Å². The lowest BCUT2D eigenvalue weighted by Gasteiger charge is -2.23. The average Bonchev–Trinajstić information content (AvgIpc) is 3.38. The van der Waals surface area contributed by atoms with Crippen LogP contribution >= 0.6 is 11.3 Å². The first-order valence-corrected chi connectivity index (χ1v) is 12.2. The SMILES string of the molecule is CCc1ccc2nc(N3C(=O)C(=O)/C(=C(/O)c4ccc(C)c(C)c4)C3c3ccc(O)cc3)sc2c1. The maximum absolute atomic E-state index is 13.4. The Bertz CT molecular complexity index is 1520. The minimum atomic E-state index is -0.886. The van der Waals surface area contributed by atoms with Crippen LogP contribution in [0.2, 0.25) is 0 Å². The van der Waals surface area contributed by atoms with Crippen LogP contribution in [0.1, 0.15) is 40.8 Å². The summed E-state index contributed by atoms with van der Waals surface area (Å²) >= 11 is 1.33. The van der Waals surface area contributed by atoms with E-state index < -0.39 is 17.7 Å². The number of anilines is 1. The smallest absolute Gasteiger partial charge is 0.301 e. The van der Waals surface area contributed by atoms with E-state index in [-0.39, 0.29) is 17.1 Å². The van der Waals surface area contributed by atoms with Crippen LogP contribution in [0, 0.1) is 13.8 Å². The third-order valence-corrected chi connectivity index (χ3v) is 7.51. The minimum Gasteiger partial charge on any atom is -0.508 e. The Balaban J connectivity index is 1.72. The van der Waals surface area contributed by atoms with Gasteiger partial charge in [0.1, 0.15) is 11.5 Å². The van der Waals surface area contributed by atoms with E-state index in [4.69, 9.17) is 0 Å². The Labute approximate surface area is 206 Å². The van der Waals surface area contributed by atoms with Crippen molar-refractivity contribution in [2.75, 3.05) is 4.90 Å². The zero-order valence-electron chi connectivity index (χ0n) is 19.6. The largest absolute Gasteiger partial charge is 0.508 e. The number of thiazole rings is 1. The van der Waals surface area contributed by atoms with Crippen LogP contribution in [0.3, 0.4) is 0 Å². The van der Waals surface area contributed by atoms with Crippen molar-refractivity contribution in [2.24, 2.45) is 0 Å². The number of Topliss-reactive ketones (excluding diaryl/α,β-unsaturated/α-hetero) is 1. The maximum atomic E-state index is 13.4. The molecule has 3 aromatic carbocycles. The summed E-state index contributed by atoms with van der Waals surface area (Å²) in [5.41, 5.74) is 4.95. The Morgan fingerprint density at radius 2 is 1.74 bits per heavy atom. The van der Waals surface area contributed by atoms with Crippen molar-refractivity contribution < 1.29 is 19.8 Å². The van der Waals surface area contributed by atoms with Crippen molar-refractivity contribution in [2.45, 2.75) is 33.2 Å². The van der Waals surface area contributed by atoms with Gasteiger partial charge in [-0.25, -0.2) is 4.98 Å². The maximum Gasteiger partial charge on any atom is 0.301 e. The summed E-state index contributed by atoms with van der Waals surface area (Å²) in [6.45, 7) is 5.96. The number of ketones is 1. The summed E-state index contributed by atoms with van der Waals surface area (Å²) in [6, 6.07) is 16.8. The highest BCUT2D eigenvalue weighted by molar-refractivity contribution is 7.22. The highest BCUT2D eigenvalue weighted by atomic mass is 32.1. The number of fused-ring (bicyclic) bond motifs is 1. The third-order valence-electron chi connectivity index (χ3n) is 6.49. The molecule has 35 heavy (non-hydrogen) atoms. The Kier molecular flexibility index (Phi) is 5.65. The molecule has 6 nitrogen and oxygen atoms in total. The van der Waals surface area contributed by atoms with E-state index in [1.165, 1.54) is 28.4 Å². The average molecular weight is 485 g/mol. The molecule has 176 valence electrons. The van der Waals surface area contributed by atoms with Crippen molar-refractivity contribution in [1.29, 1.82) is 0 Å². The van der Waals surface area contributed by atoms with E-state index in [0.29, 0.717) is 16.3 Å². The molecule has 0 radical (unpaired) electrons. The Morgan fingerprint density at radius 1 is 1.00 bits per heavy atom. The fourth-order valence-corrected chi connectivity index (χ4v) is 5.38. The molecule has 1 amide bonds. The molecule has 1 saturated heterocycles. The molecule has 0 saturated carbocycles. The van der Waals surface area contributed by atoms with E-state index in [2.05, 4.69) is 11.9 Å². The fraction of sp³-hybridized carbons (Fsp3) is 0.179. The van der Waals surface area contributed by atoms with Gasteiger partial charge in [0.2, 0.25) is 0 Å². The van der Waals surface area contributed by atoms with Crippen molar-refractivity contribution in [3.63, 3.8) is 0 Å². The fourth-order valence-electron chi connectivity index (χ4n) is 4.33. The van der Waals surface area contributed by atoms with Crippen molar-refractivity contribution >= 4 is 44.1 Å². The van der Waals surface area contributed by atoms with Gasteiger partial charge in [-0.2, -0.15) is 0 Å². The Morgan fingerprint density at radius 3 is 2.43 bits per heavy atom. The van der Waals surface area contributed by atoms with E-state index >= 15 is 0 Å². The number of phenolic OH excluding ortho intramolecular Hbond substituents is 1. The van der Waals surface area contributed by atoms with Crippen LogP contribution in [-0.2, 0) is 16.0 Å². The van der Waals surface area contributed by atoms with Gasteiger partial charge >= 0.3 is 5.91 Å². The summed E-state index contributed by atoms with van der Waals surface area (Å²) < 4.78 is 0.917. The zero-order valence-corrected chi connectivity index (χ0v) is 20.4. The van der Waals surface area contributed by atoms with E-state index in [1.807, 2.05) is 38.1 Å². The number of hydrogen-bond acceptors (Lipinski definition) is 6. The highest BCUT2D eigenvalue weighted by Crippen LogP contribution is 2.44. The number of benzene rings is 3. The molecular formula is C28H24N2O4S. The van der Waals surface area contributed by atoms with Gasteiger partial charge < -0.3 is 10.2 Å². The molecule has 0 spiro atoms. The van der Waals surface area contributed by atoms with Gasteiger partial charge in [-0.05, 0) is 72.9 Å². The van der Waals surface area contributed by atoms with Gasteiger partial charge in [0.25, 0.3) is 5.78 Å². The molecular weight excluding hydrogens is 460 g/mol. The molecule has 2 heterocycles. The van der Waals surface area contributed by atoms with Crippen LogP contribution in [0.4, 0.5) is 5.13 Å². The number of aromatic hydroxyl groups is 1. The number of rotatable bonds is 4. The molecule has 1 aromatic heterocycles. The molecule has 7 heteroatoms. The predicted octanol–water partition coefficient (Wildman–Crippen LogP) is 5.81. The second-order valence-electron chi connectivity index (χ2n) is 8.71. The molecule has 1 atom stereocenters. The first-order valence-electron chi connectivity index (χ1n) is 11.4. The second-order valence-corrected chi connectivity index (χ2v) is 9.72. The summed E-state index contributed by atoms with van der Waals surface area (Å²) in [5, 5.41) is 21.5. The van der Waals surface area contributed by atoms with Gasteiger partial charge in [0, 0.05) is 5.56 Å². The molecule has 1 unspecified atom stereocenters. The van der Waals surface area contributed by atoms with Crippen LogP contribution in [-0.4, -0.2) is 26.9 Å². The summed E-state index contributed by atoms with van der Waals surface area (Å²) in [7, 11) is 0. The number of carbonyl (C=O) groups excluding carboxylic acids is 2. The van der Waals surface area contributed by atoms with Gasteiger partial charge in [-0.15, -0.1) is 0 Å². The highest BCUT2D eigenvalue weighted by Gasteiger charge is 2.48. The molecule has 5 rings (SSSR count). The molecule has 4 aromatic rings. The standard InChI is InChI=1S/C28H24N2O4S/c1-4-17-6-12-21-22(14-17)35-28(29-21)30-24(18-8-10-20(31)11-9-18)23(26(33)27(30)34)25(32)19-7-5-15(2)16(3)13-19/h5-14,24,31-32H,4H2,1-3H3/b25-23+. The van der Waals surface area contributed by atoms with Gasteiger partial charge in [0.05, 0.1) is 21.8 Å². The van der Waals surface area contributed by atoms with E-state index in [0.717, 1.165) is 33.3 Å². The van der Waals surface area contributed by atoms with Crippen molar-refractivity contribution in [3.05, 3.63) is 94.1 Å². The predicted molar refractivity (Wildman–Crippen MR) is 138 cm³/mol. The Hall–Kier alpha value is -3.97. The molecule has 1 fully saturated rings. The third kappa shape index (κ3) is 3.88. The molecule has 1 aliphatic rings. The first kappa shape index (κ1) is 22.8. The lowest BCUT2D eigenvalue weighted by molar-refractivity contribution is -0.132. The lowest BCUT2D eigenvalue weighted by Crippen LogP contribution is -2.29. The van der Waals surface area contributed by atoms with Crippen LogP contribution in [0.25, 0.3) is 16.0 Å². The van der Waals surface area contributed by atoms with E-state index in [1.54, 1.807) is 24.3 Å². The van der Waals surface area contributed by atoms with Gasteiger partial charge in [-0.1, -0.05) is 48.6 Å². The zero-order chi connectivity index (χ0) is 24.9. The van der Waals surface area contributed by atoms with Crippen LogP contribution < -0.4 is 4.90 Å². The molecule has 0 bridgehead atoms. The number of hydrogen-bond donors (Lipinski definition) is 2. The first-order chi connectivity index (χ1) is 16.8. The normalized spacial score (nSPS) is 17.5. The number of amides is 1. The van der Waals surface area contributed by atoms with Crippen molar-refractivity contribution in [1.82, 2.24) is 4.98 Å². The summed E-state index contributed by atoms with van der Waals surface area (Å²) in [6.07, 6.45) is 0.872. The quantitative estimate of drug-likeness (QED) is 0.217. The van der Waals surface area contributed by atoms with Crippen molar-refractivity contribution in [3.8, 4) is 5.75 Å². The molecule has 0 aliphatic carbocycles. The molecule has 1 aliphatic heterocycles. The van der Waals surface area contributed by atoms with Gasteiger partial charge in [0.15, 0.2) is 5.13 Å². The monoisotopic (exact) mass is 484 g/mol. The topological polar surface area (TPSA) is 90.7 Å². The number of nitrogens with zero attached hydrogens (tertiary/aromatic N) is 2. The number of aromatic nitrogens is 1. The van der Waals surface area contributed by atoms with Crippen LogP contribution in [0.5, 0.6) is 5.75 Å². The number of aliphatic hydroxyl groups is 1. The lowest BCUT2D eigenvalue weighted by atomic mass is 9.94. The minimum absolute atomic E-state index is 0.00236. The summed E-state index contributed by atoms with van der Waals surface area (Å²) in [5.74, 6) is -1.69. The van der Waals surface area contributed by atoms with Crippen LogP contribution in [0.15, 0.2) is 66.2 Å². The van der Waals surface area contributed by atoms with E-state index in [9.17, 15) is 19.8 Å². The second kappa shape index (κ2) is 8.67. The number of aryl methyl sites for hydroxylation is 3. The summed E-state index contributed by atoms with van der Waals surface area (Å²) in [4.78, 5) is 32.7.